The number of anilines is 1. The molecule has 0 saturated heterocycles. The lowest BCUT2D eigenvalue weighted by Gasteiger charge is -2.05. The Morgan fingerprint density at radius 3 is 2.38 bits per heavy atom. The van der Waals surface area contributed by atoms with Crippen LogP contribution in [0.25, 0.3) is 11.1 Å². The maximum Gasteiger partial charge on any atom is 0.123 e. The Labute approximate surface area is 92.8 Å². The molecule has 0 fully saturated rings. The largest absolute Gasteiger partial charge is 0.398 e. The summed E-state index contributed by atoms with van der Waals surface area (Å²) in [4.78, 5) is 0. The predicted octanol–water partition coefficient (Wildman–Crippen LogP) is 2.95. The van der Waals surface area contributed by atoms with E-state index in [1.807, 2.05) is 6.07 Å². The number of nitrogens with zero attached hydrogens (tertiary/aromatic N) is 1. The van der Waals surface area contributed by atoms with Crippen molar-refractivity contribution in [2.24, 2.45) is 0 Å². The second kappa shape index (κ2) is 4.03. The fraction of sp³-hybridized carbons (Fsp3) is 0. The van der Waals surface area contributed by atoms with Gasteiger partial charge in [-0.05, 0) is 35.9 Å². The summed E-state index contributed by atoms with van der Waals surface area (Å²) in [6.07, 6.45) is 0. The van der Waals surface area contributed by atoms with Gasteiger partial charge >= 0.3 is 0 Å². The number of hydrogen-bond acceptors (Lipinski definition) is 2. The van der Waals surface area contributed by atoms with Crippen LogP contribution in [0.5, 0.6) is 0 Å². The van der Waals surface area contributed by atoms with Crippen molar-refractivity contribution < 1.29 is 4.39 Å². The first-order chi connectivity index (χ1) is 7.70. The van der Waals surface area contributed by atoms with E-state index in [1.54, 1.807) is 30.3 Å². The van der Waals surface area contributed by atoms with Crippen LogP contribution in [0.2, 0.25) is 0 Å². The molecule has 2 aromatic rings. The zero-order valence-electron chi connectivity index (χ0n) is 8.44. The van der Waals surface area contributed by atoms with E-state index in [0.29, 0.717) is 11.3 Å². The van der Waals surface area contributed by atoms with Crippen LogP contribution in [0.3, 0.4) is 0 Å². The molecule has 0 bridgehead atoms. The zero-order valence-corrected chi connectivity index (χ0v) is 8.44. The van der Waals surface area contributed by atoms with E-state index >= 15 is 0 Å². The summed E-state index contributed by atoms with van der Waals surface area (Å²) in [7, 11) is 0. The molecule has 0 unspecified atom stereocenters. The molecular formula is C13H9FN2. The summed E-state index contributed by atoms with van der Waals surface area (Å²) in [5.74, 6) is -0.293. The van der Waals surface area contributed by atoms with Gasteiger partial charge in [-0.2, -0.15) is 5.26 Å². The fourth-order valence-electron chi connectivity index (χ4n) is 1.51. The number of rotatable bonds is 1. The van der Waals surface area contributed by atoms with Gasteiger partial charge in [0.2, 0.25) is 0 Å². The van der Waals surface area contributed by atoms with Crippen LogP contribution >= 0.6 is 0 Å². The molecule has 0 amide bonds. The quantitative estimate of drug-likeness (QED) is 0.739. The molecule has 0 aliphatic rings. The van der Waals surface area contributed by atoms with Gasteiger partial charge in [0.1, 0.15) is 5.82 Å². The summed E-state index contributed by atoms with van der Waals surface area (Å²) in [6, 6.07) is 13.1. The van der Waals surface area contributed by atoms with E-state index in [1.165, 1.54) is 12.1 Å². The first kappa shape index (κ1) is 10.2. The van der Waals surface area contributed by atoms with E-state index in [-0.39, 0.29) is 5.82 Å². The first-order valence-corrected chi connectivity index (χ1v) is 4.76. The summed E-state index contributed by atoms with van der Waals surface area (Å²) >= 11 is 0. The zero-order chi connectivity index (χ0) is 11.5. The van der Waals surface area contributed by atoms with Crippen molar-refractivity contribution in [3.05, 3.63) is 53.8 Å². The normalized spacial score (nSPS) is 9.75. The molecule has 0 spiro atoms. The molecule has 2 rings (SSSR count). The topological polar surface area (TPSA) is 49.8 Å². The molecular weight excluding hydrogens is 203 g/mol. The van der Waals surface area contributed by atoms with Gasteiger partial charge < -0.3 is 5.73 Å². The molecule has 0 aromatic heterocycles. The van der Waals surface area contributed by atoms with Crippen LogP contribution in [0.1, 0.15) is 5.56 Å². The Morgan fingerprint density at radius 2 is 1.75 bits per heavy atom. The average molecular weight is 212 g/mol. The maximum absolute atomic E-state index is 12.8. The second-order valence-corrected chi connectivity index (χ2v) is 3.42. The molecule has 16 heavy (non-hydrogen) atoms. The SMILES string of the molecule is N#Cc1ccc(N)c(-c2ccc(F)cc2)c1. The molecule has 0 aliphatic heterocycles. The highest BCUT2D eigenvalue weighted by molar-refractivity contribution is 5.77. The highest BCUT2D eigenvalue weighted by atomic mass is 19.1. The van der Waals surface area contributed by atoms with Gasteiger partial charge in [-0.25, -0.2) is 4.39 Å². The third-order valence-electron chi connectivity index (χ3n) is 2.34. The van der Waals surface area contributed by atoms with Gasteiger partial charge in [-0.15, -0.1) is 0 Å². The minimum Gasteiger partial charge on any atom is -0.398 e. The average Bonchev–Trinajstić information content (AvgIpc) is 2.31. The van der Waals surface area contributed by atoms with Gasteiger partial charge in [-0.1, -0.05) is 12.1 Å². The molecule has 78 valence electrons. The summed E-state index contributed by atoms with van der Waals surface area (Å²) in [5, 5.41) is 8.79. The first-order valence-electron chi connectivity index (χ1n) is 4.76. The maximum atomic E-state index is 12.8. The predicted molar refractivity (Wildman–Crippen MR) is 61.0 cm³/mol. The molecule has 0 atom stereocenters. The van der Waals surface area contributed by atoms with E-state index in [2.05, 4.69) is 0 Å². The summed E-state index contributed by atoms with van der Waals surface area (Å²) in [6.45, 7) is 0. The van der Waals surface area contributed by atoms with Crippen LogP contribution in [-0.4, -0.2) is 0 Å². The van der Waals surface area contributed by atoms with Gasteiger partial charge in [0.15, 0.2) is 0 Å². The van der Waals surface area contributed by atoms with E-state index in [9.17, 15) is 4.39 Å². The number of nitrogen functional groups attached to an aromatic ring is 1. The molecule has 0 heterocycles. The number of nitriles is 1. The molecule has 0 radical (unpaired) electrons. The van der Waals surface area contributed by atoms with E-state index in [0.717, 1.165) is 11.1 Å². The highest BCUT2D eigenvalue weighted by Crippen LogP contribution is 2.26. The van der Waals surface area contributed by atoms with Crippen molar-refractivity contribution in [3.8, 4) is 17.2 Å². The van der Waals surface area contributed by atoms with Gasteiger partial charge in [-0.3, -0.25) is 0 Å². The van der Waals surface area contributed by atoms with Crippen molar-refractivity contribution in [3.63, 3.8) is 0 Å². The van der Waals surface area contributed by atoms with E-state index in [4.69, 9.17) is 11.0 Å². The summed E-state index contributed by atoms with van der Waals surface area (Å²) < 4.78 is 12.8. The van der Waals surface area contributed by atoms with Gasteiger partial charge in [0.25, 0.3) is 0 Å². The lowest BCUT2D eigenvalue weighted by atomic mass is 10.0. The number of benzene rings is 2. The Hall–Kier alpha value is -2.34. The number of nitrogens with two attached hydrogens (primary N) is 1. The van der Waals surface area contributed by atoms with Crippen LogP contribution in [0, 0.1) is 17.1 Å². The molecule has 2 aromatic carbocycles. The van der Waals surface area contributed by atoms with E-state index < -0.39 is 0 Å². The van der Waals surface area contributed by atoms with Crippen molar-refractivity contribution >= 4 is 5.69 Å². The second-order valence-electron chi connectivity index (χ2n) is 3.42. The van der Waals surface area contributed by atoms with Gasteiger partial charge in [0.05, 0.1) is 11.6 Å². The minimum absolute atomic E-state index is 0.293. The lowest BCUT2D eigenvalue weighted by Crippen LogP contribution is -1.91. The van der Waals surface area contributed by atoms with Crippen LogP contribution in [0.4, 0.5) is 10.1 Å². The van der Waals surface area contributed by atoms with Crippen molar-refractivity contribution in [1.29, 1.82) is 5.26 Å². The van der Waals surface area contributed by atoms with Crippen LogP contribution < -0.4 is 5.73 Å². The number of halogens is 1. The Morgan fingerprint density at radius 1 is 1.06 bits per heavy atom. The van der Waals surface area contributed by atoms with Crippen LogP contribution in [0.15, 0.2) is 42.5 Å². The molecule has 0 aliphatic carbocycles. The fourth-order valence-corrected chi connectivity index (χ4v) is 1.51. The highest BCUT2D eigenvalue weighted by Gasteiger charge is 2.04. The standard InChI is InChI=1S/C13H9FN2/c14-11-4-2-10(3-5-11)12-7-9(8-15)1-6-13(12)16/h1-7H,16H2. The Bertz CT molecular complexity index is 553. The third kappa shape index (κ3) is 1.86. The van der Waals surface area contributed by atoms with Crippen LogP contribution in [-0.2, 0) is 0 Å². The molecule has 2 nitrogen and oxygen atoms in total. The van der Waals surface area contributed by atoms with Crippen molar-refractivity contribution in [2.75, 3.05) is 5.73 Å². The molecule has 3 heteroatoms. The summed E-state index contributed by atoms with van der Waals surface area (Å²) in [5.41, 5.74) is 8.47. The minimum atomic E-state index is -0.293. The van der Waals surface area contributed by atoms with Gasteiger partial charge in [0, 0.05) is 11.3 Å². The van der Waals surface area contributed by atoms with Crippen molar-refractivity contribution in [2.45, 2.75) is 0 Å². The monoisotopic (exact) mass is 212 g/mol. The Balaban J connectivity index is 2.55. The number of hydrogen-bond donors (Lipinski definition) is 1. The van der Waals surface area contributed by atoms with Crippen molar-refractivity contribution in [1.82, 2.24) is 0 Å². The third-order valence-corrected chi connectivity index (χ3v) is 2.34. The molecule has 2 N–H and O–H groups in total. The Kier molecular flexibility index (Phi) is 2.57. The molecule has 0 saturated carbocycles. The smallest absolute Gasteiger partial charge is 0.123 e. The lowest BCUT2D eigenvalue weighted by molar-refractivity contribution is 0.628.